The molecule has 0 spiro atoms. The van der Waals surface area contributed by atoms with Crippen molar-refractivity contribution in [2.45, 2.75) is 22.7 Å². The summed E-state index contributed by atoms with van der Waals surface area (Å²) in [6.45, 7) is 2.51. The van der Waals surface area contributed by atoms with Crippen LogP contribution in [-0.2, 0) is 6.42 Å². The first-order chi connectivity index (χ1) is 9.76. The average Bonchev–Trinajstić information content (AvgIpc) is 2.85. The second-order valence-electron chi connectivity index (χ2n) is 4.39. The van der Waals surface area contributed by atoms with Gasteiger partial charge in [0.2, 0.25) is 0 Å². The highest BCUT2D eigenvalue weighted by molar-refractivity contribution is 8.00. The monoisotopic (exact) mass is 302 g/mol. The lowest BCUT2D eigenvalue weighted by Gasteiger charge is -2.08. The van der Waals surface area contributed by atoms with Crippen LogP contribution in [0.1, 0.15) is 11.4 Å². The summed E-state index contributed by atoms with van der Waals surface area (Å²) in [5, 5.41) is 2.12. The maximum absolute atomic E-state index is 5.71. The minimum atomic E-state index is 0.614. The molecular formula is C14H14N4S2. The van der Waals surface area contributed by atoms with Gasteiger partial charge >= 0.3 is 0 Å². The second-order valence-corrected chi connectivity index (χ2v) is 6.38. The van der Waals surface area contributed by atoms with Crippen molar-refractivity contribution < 1.29 is 0 Å². The molecule has 2 aromatic heterocycles. The number of benzene rings is 1. The lowest BCUT2D eigenvalue weighted by molar-refractivity contribution is 0.921. The van der Waals surface area contributed by atoms with Crippen molar-refractivity contribution in [3.63, 3.8) is 0 Å². The first-order valence-electron chi connectivity index (χ1n) is 6.33. The molecule has 0 radical (unpaired) electrons. The van der Waals surface area contributed by atoms with Crippen molar-refractivity contribution in [2.75, 3.05) is 6.54 Å². The second kappa shape index (κ2) is 5.87. The Morgan fingerprint density at radius 2 is 2.10 bits per heavy atom. The number of hydrogen-bond donors (Lipinski definition) is 1. The molecule has 0 aliphatic heterocycles. The number of aryl methyl sites for hydroxylation is 1. The standard InChI is InChI=1S/C14H14N4S2/c1-9-16-14(20-18-9)19-13-11(6-7-15)8-10-4-2-3-5-12(10)17-13/h2-5,8H,6-7,15H2,1H3. The first kappa shape index (κ1) is 13.5. The third kappa shape index (κ3) is 2.82. The molecule has 4 nitrogen and oxygen atoms in total. The Kier molecular flexibility index (Phi) is 3.95. The van der Waals surface area contributed by atoms with E-state index in [1.165, 1.54) is 17.1 Å². The summed E-state index contributed by atoms with van der Waals surface area (Å²) in [6, 6.07) is 10.3. The van der Waals surface area contributed by atoms with Gasteiger partial charge in [-0.05, 0) is 60.9 Å². The Labute approximate surface area is 125 Å². The molecule has 0 saturated heterocycles. The lowest BCUT2D eigenvalue weighted by atomic mass is 10.1. The van der Waals surface area contributed by atoms with Crippen LogP contribution >= 0.6 is 23.3 Å². The van der Waals surface area contributed by atoms with Crippen molar-refractivity contribution in [2.24, 2.45) is 5.73 Å². The van der Waals surface area contributed by atoms with Gasteiger partial charge < -0.3 is 5.73 Å². The van der Waals surface area contributed by atoms with Crippen LogP contribution in [0.4, 0.5) is 0 Å². The number of nitrogens with two attached hydrogens (primary N) is 1. The number of nitrogens with zero attached hydrogens (tertiary/aromatic N) is 3. The molecule has 2 N–H and O–H groups in total. The number of aromatic nitrogens is 3. The third-order valence-corrected chi connectivity index (χ3v) is 4.76. The first-order valence-corrected chi connectivity index (χ1v) is 7.92. The fraction of sp³-hybridized carbons (Fsp3) is 0.214. The topological polar surface area (TPSA) is 64.7 Å². The Bertz CT molecular complexity index is 739. The summed E-state index contributed by atoms with van der Waals surface area (Å²) in [5.41, 5.74) is 7.88. The van der Waals surface area contributed by atoms with Crippen molar-refractivity contribution >= 4 is 34.2 Å². The van der Waals surface area contributed by atoms with Gasteiger partial charge in [-0.1, -0.05) is 18.2 Å². The van der Waals surface area contributed by atoms with Gasteiger partial charge in [-0.2, -0.15) is 4.37 Å². The smallest absolute Gasteiger partial charge is 0.176 e. The van der Waals surface area contributed by atoms with E-state index in [4.69, 9.17) is 10.7 Å². The summed E-state index contributed by atoms with van der Waals surface area (Å²) in [4.78, 5) is 9.13. The normalized spacial score (nSPS) is 11.1. The van der Waals surface area contributed by atoms with Crippen LogP contribution in [0.2, 0.25) is 0 Å². The molecule has 102 valence electrons. The molecular weight excluding hydrogens is 288 g/mol. The Morgan fingerprint density at radius 1 is 1.25 bits per heavy atom. The van der Waals surface area contributed by atoms with Crippen molar-refractivity contribution in [1.29, 1.82) is 0 Å². The number of para-hydroxylation sites is 1. The molecule has 20 heavy (non-hydrogen) atoms. The highest BCUT2D eigenvalue weighted by Crippen LogP contribution is 2.32. The fourth-order valence-corrected chi connectivity index (χ4v) is 3.67. The van der Waals surface area contributed by atoms with Crippen LogP contribution in [-0.4, -0.2) is 20.9 Å². The molecule has 0 atom stereocenters. The summed E-state index contributed by atoms with van der Waals surface area (Å²) in [6.07, 6.45) is 0.817. The van der Waals surface area contributed by atoms with Crippen LogP contribution in [0.5, 0.6) is 0 Å². The van der Waals surface area contributed by atoms with Gasteiger partial charge in [-0.3, -0.25) is 0 Å². The number of rotatable bonds is 4. The minimum Gasteiger partial charge on any atom is -0.330 e. The van der Waals surface area contributed by atoms with Crippen molar-refractivity contribution in [3.8, 4) is 0 Å². The van der Waals surface area contributed by atoms with Crippen LogP contribution in [0.15, 0.2) is 39.7 Å². The Balaban J connectivity index is 2.04. The Hall–Kier alpha value is -1.50. The minimum absolute atomic E-state index is 0.614. The van der Waals surface area contributed by atoms with E-state index >= 15 is 0 Å². The van der Waals surface area contributed by atoms with Crippen molar-refractivity contribution in [3.05, 3.63) is 41.7 Å². The van der Waals surface area contributed by atoms with E-state index in [9.17, 15) is 0 Å². The number of pyridine rings is 1. The van der Waals surface area contributed by atoms with E-state index in [1.54, 1.807) is 11.8 Å². The van der Waals surface area contributed by atoms with Gasteiger partial charge in [0.05, 0.1) is 5.52 Å². The zero-order chi connectivity index (χ0) is 13.9. The molecule has 2 heterocycles. The molecule has 1 aromatic carbocycles. The van der Waals surface area contributed by atoms with Gasteiger partial charge in [0.15, 0.2) is 4.34 Å². The molecule has 0 amide bonds. The van der Waals surface area contributed by atoms with Gasteiger partial charge in [-0.15, -0.1) is 0 Å². The van der Waals surface area contributed by atoms with E-state index in [1.807, 2.05) is 25.1 Å². The van der Waals surface area contributed by atoms with E-state index in [2.05, 4.69) is 21.5 Å². The van der Waals surface area contributed by atoms with Gasteiger partial charge in [0.1, 0.15) is 10.9 Å². The highest BCUT2D eigenvalue weighted by Gasteiger charge is 2.11. The van der Waals surface area contributed by atoms with Crippen LogP contribution in [0, 0.1) is 6.92 Å². The number of fused-ring (bicyclic) bond motifs is 1. The van der Waals surface area contributed by atoms with E-state index < -0.39 is 0 Å². The summed E-state index contributed by atoms with van der Waals surface area (Å²) in [7, 11) is 0. The molecule has 0 saturated carbocycles. The molecule has 0 fully saturated rings. The van der Waals surface area contributed by atoms with Crippen LogP contribution in [0.3, 0.4) is 0 Å². The number of hydrogen-bond acceptors (Lipinski definition) is 6. The van der Waals surface area contributed by atoms with Gasteiger partial charge in [0.25, 0.3) is 0 Å². The quantitative estimate of drug-likeness (QED) is 0.802. The molecule has 3 rings (SSSR count). The summed E-state index contributed by atoms with van der Waals surface area (Å²) < 4.78 is 5.13. The molecule has 6 heteroatoms. The predicted octanol–water partition coefficient (Wildman–Crippen LogP) is 3.05. The molecule has 0 unspecified atom stereocenters. The van der Waals surface area contributed by atoms with Gasteiger partial charge in [-0.25, -0.2) is 9.97 Å². The Morgan fingerprint density at radius 3 is 2.85 bits per heavy atom. The largest absolute Gasteiger partial charge is 0.330 e. The maximum Gasteiger partial charge on any atom is 0.176 e. The predicted molar refractivity (Wildman–Crippen MR) is 83.3 cm³/mol. The molecule has 0 aliphatic carbocycles. The van der Waals surface area contributed by atoms with Crippen molar-refractivity contribution in [1.82, 2.24) is 14.3 Å². The van der Waals surface area contributed by atoms with E-state index in [0.29, 0.717) is 6.54 Å². The molecule has 3 aromatic rings. The summed E-state index contributed by atoms with van der Waals surface area (Å²) >= 11 is 2.98. The van der Waals surface area contributed by atoms with E-state index in [-0.39, 0.29) is 0 Å². The fourth-order valence-electron chi connectivity index (χ4n) is 1.97. The SMILES string of the molecule is Cc1nsc(Sc2nc3ccccc3cc2CCN)n1. The van der Waals surface area contributed by atoms with Crippen LogP contribution < -0.4 is 5.73 Å². The average molecular weight is 302 g/mol. The zero-order valence-electron chi connectivity index (χ0n) is 11.0. The molecule has 0 aliphatic rings. The zero-order valence-corrected chi connectivity index (χ0v) is 12.7. The maximum atomic E-state index is 5.71. The molecule has 0 bridgehead atoms. The highest BCUT2D eigenvalue weighted by atomic mass is 32.2. The van der Waals surface area contributed by atoms with E-state index in [0.717, 1.165) is 32.5 Å². The van der Waals surface area contributed by atoms with Crippen LogP contribution in [0.25, 0.3) is 10.9 Å². The summed E-state index contributed by atoms with van der Waals surface area (Å²) in [5.74, 6) is 0.804. The van der Waals surface area contributed by atoms with Gasteiger partial charge in [0, 0.05) is 5.39 Å². The third-order valence-electron chi connectivity index (χ3n) is 2.87. The lowest BCUT2D eigenvalue weighted by Crippen LogP contribution is -2.04.